The highest BCUT2D eigenvalue weighted by Crippen LogP contribution is 2.43. The number of anilines is 1. The second kappa shape index (κ2) is 6.84. The van der Waals surface area contributed by atoms with Gasteiger partial charge < -0.3 is 4.90 Å². The van der Waals surface area contributed by atoms with Crippen molar-refractivity contribution in [2.45, 2.75) is 62.9 Å². The molecular formula is C20H31N5. The minimum absolute atomic E-state index is 0.682. The predicted molar refractivity (Wildman–Crippen MR) is 100 cm³/mol. The van der Waals surface area contributed by atoms with Crippen LogP contribution in [0, 0.1) is 0 Å². The Balaban J connectivity index is 1.13. The number of nitrogens with zero attached hydrogens (tertiary/aromatic N) is 5. The summed E-state index contributed by atoms with van der Waals surface area (Å²) in [6.07, 6.45) is 13.5. The first-order chi connectivity index (χ1) is 12.4. The van der Waals surface area contributed by atoms with E-state index in [-0.39, 0.29) is 0 Å². The summed E-state index contributed by atoms with van der Waals surface area (Å²) in [5, 5.41) is 0. The molecule has 5 heteroatoms. The van der Waals surface area contributed by atoms with Gasteiger partial charge in [0.15, 0.2) is 5.82 Å². The van der Waals surface area contributed by atoms with E-state index in [1.54, 1.807) is 0 Å². The molecule has 136 valence electrons. The van der Waals surface area contributed by atoms with E-state index in [9.17, 15) is 0 Å². The number of piperazine rings is 1. The summed E-state index contributed by atoms with van der Waals surface area (Å²) in [5.41, 5.74) is 1.25. The van der Waals surface area contributed by atoms with Gasteiger partial charge in [-0.2, -0.15) is 0 Å². The summed E-state index contributed by atoms with van der Waals surface area (Å²) < 4.78 is 0. The maximum atomic E-state index is 4.65. The van der Waals surface area contributed by atoms with E-state index in [4.69, 9.17) is 0 Å². The fraction of sp³-hybridized carbons (Fsp3) is 0.800. The lowest BCUT2D eigenvalue weighted by Gasteiger charge is -2.50. The van der Waals surface area contributed by atoms with Crippen LogP contribution in [-0.4, -0.2) is 71.1 Å². The Morgan fingerprint density at radius 1 is 0.720 bits per heavy atom. The number of aromatic nitrogens is 2. The highest BCUT2D eigenvalue weighted by molar-refractivity contribution is 5.49. The van der Waals surface area contributed by atoms with Crippen molar-refractivity contribution in [3.63, 3.8) is 0 Å². The standard InChI is InChI=1S/C20H31N5/c1-2-4-17(5-3-1)23-10-12-24(13-11-23)18-14-25(15-18)20-19(16-6-7-16)21-8-9-22-20/h8-9,16-18H,1-7,10-15H2. The lowest BCUT2D eigenvalue weighted by atomic mass is 9.93. The van der Waals surface area contributed by atoms with E-state index >= 15 is 0 Å². The zero-order valence-electron chi connectivity index (χ0n) is 15.3. The third kappa shape index (κ3) is 3.28. The number of hydrogen-bond acceptors (Lipinski definition) is 5. The van der Waals surface area contributed by atoms with Crippen LogP contribution in [0.15, 0.2) is 12.4 Å². The second-order valence-electron chi connectivity index (χ2n) is 8.46. The van der Waals surface area contributed by atoms with Crippen molar-refractivity contribution in [2.24, 2.45) is 0 Å². The Morgan fingerprint density at radius 3 is 2.04 bits per heavy atom. The van der Waals surface area contributed by atoms with Crippen molar-refractivity contribution in [2.75, 3.05) is 44.2 Å². The fourth-order valence-electron chi connectivity index (χ4n) is 5.00. The molecular weight excluding hydrogens is 310 g/mol. The largest absolute Gasteiger partial charge is 0.352 e. The average Bonchev–Trinajstić information content (AvgIpc) is 3.47. The monoisotopic (exact) mass is 341 g/mol. The van der Waals surface area contributed by atoms with E-state index in [1.165, 1.54) is 82.6 Å². The van der Waals surface area contributed by atoms with Crippen molar-refractivity contribution >= 4 is 5.82 Å². The first-order valence-corrected chi connectivity index (χ1v) is 10.4. The molecule has 0 amide bonds. The Bertz CT molecular complexity index is 582. The van der Waals surface area contributed by atoms with Gasteiger partial charge >= 0.3 is 0 Å². The van der Waals surface area contributed by atoms with Gasteiger partial charge in [-0.05, 0) is 25.7 Å². The minimum Gasteiger partial charge on any atom is -0.352 e. The normalized spacial score (nSPS) is 27.4. The Kier molecular flexibility index (Phi) is 4.38. The molecule has 1 aromatic rings. The summed E-state index contributed by atoms with van der Waals surface area (Å²) in [7, 11) is 0. The highest BCUT2D eigenvalue weighted by atomic mass is 15.4. The van der Waals surface area contributed by atoms with Crippen LogP contribution in [0.5, 0.6) is 0 Å². The van der Waals surface area contributed by atoms with Gasteiger partial charge in [0.25, 0.3) is 0 Å². The van der Waals surface area contributed by atoms with Crippen molar-refractivity contribution in [3.05, 3.63) is 18.1 Å². The Labute approximate surface area is 151 Å². The number of hydrogen-bond donors (Lipinski definition) is 0. The van der Waals surface area contributed by atoms with Crippen LogP contribution in [0.4, 0.5) is 5.82 Å². The summed E-state index contributed by atoms with van der Waals surface area (Å²) in [6.45, 7) is 7.35. The van der Waals surface area contributed by atoms with Gasteiger partial charge in [0.1, 0.15) is 0 Å². The molecule has 0 radical (unpaired) electrons. The molecule has 25 heavy (non-hydrogen) atoms. The van der Waals surface area contributed by atoms with E-state index in [2.05, 4.69) is 24.7 Å². The van der Waals surface area contributed by atoms with Gasteiger partial charge in [0.2, 0.25) is 0 Å². The quantitative estimate of drug-likeness (QED) is 0.841. The SMILES string of the molecule is c1cnc(N2CC(N3CCN(C4CCCCC4)CC3)C2)c(C2CC2)n1. The van der Waals surface area contributed by atoms with Crippen LogP contribution >= 0.6 is 0 Å². The Hall–Kier alpha value is -1.20. The van der Waals surface area contributed by atoms with Gasteiger partial charge in [0.05, 0.1) is 5.69 Å². The van der Waals surface area contributed by atoms with Crippen LogP contribution in [0.1, 0.15) is 56.6 Å². The van der Waals surface area contributed by atoms with Gasteiger partial charge in [-0.1, -0.05) is 19.3 Å². The van der Waals surface area contributed by atoms with Crippen LogP contribution in [0.2, 0.25) is 0 Å². The molecule has 5 nitrogen and oxygen atoms in total. The summed E-state index contributed by atoms with van der Waals surface area (Å²) in [5.74, 6) is 1.85. The molecule has 4 fully saturated rings. The van der Waals surface area contributed by atoms with Gasteiger partial charge in [-0.3, -0.25) is 14.8 Å². The molecule has 0 N–H and O–H groups in total. The zero-order valence-corrected chi connectivity index (χ0v) is 15.3. The van der Waals surface area contributed by atoms with Crippen LogP contribution in [-0.2, 0) is 0 Å². The molecule has 0 spiro atoms. The smallest absolute Gasteiger partial charge is 0.150 e. The minimum atomic E-state index is 0.682. The molecule has 5 rings (SSSR count). The molecule has 2 aliphatic heterocycles. The molecule has 0 atom stereocenters. The molecule has 0 unspecified atom stereocenters. The maximum absolute atomic E-state index is 4.65. The summed E-state index contributed by atoms with van der Waals surface area (Å²) in [6, 6.07) is 1.61. The third-order valence-electron chi connectivity index (χ3n) is 6.79. The Morgan fingerprint density at radius 2 is 1.36 bits per heavy atom. The van der Waals surface area contributed by atoms with E-state index in [0.29, 0.717) is 5.92 Å². The van der Waals surface area contributed by atoms with Crippen LogP contribution in [0.3, 0.4) is 0 Å². The van der Waals surface area contributed by atoms with Crippen molar-refractivity contribution in [1.82, 2.24) is 19.8 Å². The summed E-state index contributed by atoms with van der Waals surface area (Å²) >= 11 is 0. The first-order valence-electron chi connectivity index (χ1n) is 10.4. The fourth-order valence-corrected chi connectivity index (χ4v) is 5.00. The van der Waals surface area contributed by atoms with Crippen molar-refractivity contribution in [1.29, 1.82) is 0 Å². The van der Waals surface area contributed by atoms with E-state index in [0.717, 1.165) is 25.2 Å². The van der Waals surface area contributed by atoms with E-state index in [1.807, 2.05) is 12.4 Å². The predicted octanol–water partition coefficient (Wildman–Crippen LogP) is 2.49. The van der Waals surface area contributed by atoms with Gasteiger partial charge in [-0.25, -0.2) is 4.98 Å². The van der Waals surface area contributed by atoms with Crippen LogP contribution < -0.4 is 4.90 Å². The zero-order chi connectivity index (χ0) is 16.6. The maximum Gasteiger partial charge on any atom is 0.150 e. The third-order valence-corrected chi connectivity index (χ3v) is 6.79. The van der Waals surface area contributed by atoms with Crippen molar-refractivity contribution < 1.29 is 0 Å². The molecule has 0 bridgehead atoms. The van der Waals surface area contributed by atoms with Gasteiger partial charge in [0, 0.05) is 69.7 Å². The lowest BCUT2D eigenvalue weighted by molar-refractivity contribution is 0.0486. The highest BCUT2D eigenvalue weighted by Gasteiger charge is 2.38. The van der Waals surface area contributed by atoms with Gasteiger partial charge in [-0.15, -0.1) is 0 Å². The summed E-state index contributed by atoms with van der Waals surface area (Å²) in [4.78, 5) is 17.2. The molecule has 2 saturated carbocycles. The lowest BCUT2D eigenvalue weighted by Crippen LogP contribution is -2.64. The molecule has 1 aromatic heterocycles. The first kappa shape index (κ1) is 16.0. The van der Waals surface area contributed by atoms with Crippen molar-refractivity contribution in [3.8, 4) is 0 Å². The molecule has 0 aromatic carbocycles. The molecule has 4 aliphatic rings. The molecule has 2 aliphatic carbocycles. The molecule has 2 saturated heterocycles. The second-order valence-corrected chi connectivity index (χ2v) is 8.46. The number of rotatable bonds is 4. The topological polar surface area (TPSA) is 35.5 Å². The molecule has 3 heterocycles. The average molecular weight is 342 g/mol. The van der Waals surface area contributed by atoms with Crippen LogP contribution in [0.25, 0.3) is 0 Å². The van der Waals surface area contributed by atoms with E-state index < -0.39 is 0 Å².